The van der Waals surface area contributed by atoms with E-state index in [2.05, 4.69) is 14.5 Å². The molecule has 0 aliphatic rings. The van der Waals surface area contributed by atoms with E-state index < -0.39 is 0 Å². The van der Waals surface area contributed by atoms with Gasteiger partial charge in [0.15, 0.2) is 0 Å². The summed E-state index contributed by atoms with van der Waals surface area (Å²) in [5.74, 6) is -0.203. The van der Waals surface area contributed by atoms with Gasteiger partial charge in [-0.15, -0.1) is 0 Å². The molecule has 108 valence electrons. The summed E-state index contributed by atoms with van der Waals surface area (Å²) >= 11 is 0. The maximum atomic E-state index is 13.0. The molecule has 0 aliphatic carbocycles. The van der Waals surface area contributed by atoms with Crippen LogP contribution in [-0.2, 0) is 6.54 Å². The molecule has 0 bridgehead atoms. The van der Waals surface area contributed by atoms with Gasteiger partial charge in [0, 0.05) is 37.7 Å². The number of rotatable bonds is 8. The lowest BCUT2D eigenvalue weighted by Gasteiger charge is -2.24. The number of halogens is 1. The van der Waals surface area contributed by atoms with E-state index in [-0.39, 0.29) is 5.82 Å². The van der Waals surface area contributed by atoms with Crippen LogP contribution in [0, 0.1) is 5.82 Å². The van der Waals surface area contributed by atoms with Crippen LogP contribution in [0.2, 0.25) is 0 Å². The van der Waals surface area contributed by atoms with Gasteiger partial charge in [-0.25, -0.2) is 9.37 Å². The lowest BCUT2D eigenvalue weighted by molar-refractivity contribution is 0.611. The van der Waals surface area contributed by atoms with Crippen molar-refractivity contribution in [3.63, 3.8) is 0 Å². The number of nitrogens with two attached hydrogens (primary N) is 1. The van der Waals surface area contributed by atoms with Gasteiger partial charge in [-0.05, 0) is 43.7 Å². The van der Waals surface area contributed by atoms with Gasteiger partial charge in [0.25, 0.3) is 0 Å². The number of aromatic nitrogens is 2. The van der Waals surface area contributed by atoms with Crippen molar-refractivity contribution in [3.05, 3.63) is 48.8 Å². The lowest BCUT2D eigenvalue weighted by atomic mass is 10.2. The highest BCUT2D eigenvalue weighted by Gasteiger charge is 2.06. The summed E-state index contributed by atoms with van der Waals surface area (Å²) in [4.78, 5) is 6.28. The quantitative estimate of drug-likeness (QED) is 0.804. The van der Waals surface area contributed by atoms with Crippen LogP contribution < -0.4 is 10.6 Å². The molecule has 0 saturated heterocycles. The van der Waals surface area contributed by atoms with Gasteiger partial charge in [0.1, 0.15) is 5.82 Å². The third-order valence-corrected chi connectivity index (χ3v) is 3.23. The zero-order valence-corrected chi connectivity index (χ0v) is 11.6. The van der Waals surface area contributed by atoms with Crippen LogP contribution >= 0.6 is 0 Å². The molecule has 0 aliphatic heterocycles. The number of anilines is 1. The van der Waals surface area contributed by atoms with Crippen LogP contribution in [0.5, 0.6) is 0 Å². The molecular formula is C15H21FN4. The lowest BCUT2D eigenvalue weighted by Crippen LogP contribution is -2.27. The van der Waals surface area contributed by atoms with Crippen LogP contribution in [0.15, 0.2) is 43.0 Å². The van der Waals surface area contributed by atoms with Crippen molar-refractivity contribution >= 4 is 5.69 Å². The summed E-state index contributed by atoms with van der Waals surface area (Å²) < 4.78 is 15.1. The van der Waals surface area contributed by atoms with E-state index in [1.165, 1.54) is 12.1 Å². The summed E-state index contributed by atoms with van der Waals surface area (Å²) in [5.41, 5.74) is 6.63. The second kappa shape index (κ2) is 7.65. The largest absolute Gasteiger partial charge is 0.371 e. The second-order valence-corrected chi connectivity index (χ2v) is 4.76. The van der Waals surface area contributed by atoms with E-state index in [4.69, 9.17) is 5.73 Å². The smallest absolute Gasteiger partial charge is 0.123 e. The molecule has 0 amide bonds. The van der Waals surface area contributed by atoms with Crippen molar-refractivity contribution in [2.45, 2.75) is 19.4 Å². The average molecular weight is 276 g/mol. The highest BCUT2D eigenvalue weighted by atomic mass is 19.1. The predicted molar refractivity (Wildman–Crippen MR) is 79.1 cm³/mol. The van der Waals surface area contributed by atoms with E-state index in [1.807, 2.05) is 24.7 Å². The van der Waals surface area contributed by atoms with Gasteiger partial charge in [-0.1, -0.05) is 0 Å². The van der Waals surface area contributed by atoms with E-state index >= 15 is 0 Å². The number of aryl methyl sites for hydroxylation is 1. The van der Waals surface area contributed by atoms with Gasteiger partial charge in [-0.2, -0.15) is 0 Å². The second-order valence-electron chi connectivity index (χ2n) is 4.76. The number of imidazole rings is 1. The summed E-state index contributed by atoms with van der Waals surface area (Å²) in [6.07, 6.45) is 7.51. The molecule has 0 saturated carbocycles. The first kappa shape index (κ1) is 14.5. The topological polar surface area (TPSA) is 47.1 Å². The molecular weight excluding hydrogens is 255 g/mol. The zero-order chi connectivity index (χ0) is 14.2. The van der Waals surface area contributed by atoms with Crippen molar-refractivity contribution in [3.8, 4) is 0 Å². The first-order chi connectivity index (χ1) is 9.79. The third-order valence-electron chi connectivity index (χ3n) is 3.23. The van der Waals surface area contributed by atoms with Crippen molar-refractivity contribution in [2.75, 3.05) is 24.5 Å². The fourth-order valence-electron chi connectivity index (χ4n) is 2.17. The number of nitrogens with zero attached hydrogens (tertiary/aromatic N) is 3. The van der Waals surface area contributed by atoms with Crippen molar-refractivity contribution in [2.24, 2.45) is 5.73 Å². The van der Waals surface area contributed by atoms with Gasteiger partial charge in [0.2, 0.25) is 0 Å². The minimum absolute atomic E-state index is 0.203. The Balaban J connectivity index is 1.90. The number of benzene rings is 1. The SMILES string of the molecule is NCCCN(CCCn1ccnc1)c1ccc(F)cc1. The first-order valence-corrected chi connectivity index (χ1v) is 6.96. The number of hydrogen-bond donors (Lipinski definition) is 1. The molecule has 1 aromatic heterocycles. The van der Waals surface area contributed by atoms with E-state index in [0.29, 0.717) is 6.54 Å². The molecule has 20 heavy (non-hydrogen) atoms. The van der Waals surface area contributed by atoms with Crippen molar-refractivity contribution in [1.82, 2.24) is 9.55 Å². The van der Waals surface area contributed by atoms with Gasteiger partial charge < -0.3 is 15.2 Å². The Labute approximate surface area is 119 Å². The molecule has 0 radical (unpaired) electrons. The van der Waals surface area contributed by atoms with Crippen LogP contribution in [0.4, 0.5) is 10.1 Å². The molecule has 0 atom stereocenters. The Hall–Kier alpha value is -1.88. The highest BCUT2D eigenvalue weighted by Crippen LogP contribution is 2.15. The fraction of sp³-hybridized carbons (Fsp3) is 0.400. The predicted octanol–water partition coefficient (Wildman–Crippen LogP) is 2.27. The molecule has 0 spiro atoms. The molecule has 5 heteroatoms. The average Bonchev–Trinajstić information content (AvgIpc) is 2.97. The van der Waals surface area contributed by atoms with Crippen LogP contribution in [0.25, 0.3) is 0 Å². The zero-order valence-electron chi connectivity index (χ0n) is 11.6. The summed E-state index contributed by atoms with van der Waals surface area (Å²) in [7, 11) is 0. The first-order valence-electron chi connectivity index (χ1n) is 6.96. The molecule has 2 aromatic rings. The maximum absolute atomic E-state index is 13.0. The molecule has 1 heterocycles. The van der Waals surface area contributed by atoms with Crippen LogP contribution in [0.1, 0.15) is 12.8 Å². The fourth-order valence-corrected chi connectivity index (χ4v) is 2.17. The van der Waals surface area contributed by atoms with Crippen molar-refractivity contribution < 1.29 is 4.39 Å². The number of hydrogen-bond acceptors (Lipinski definition) is 3. The van der Waals surface area contributed by atoms with E-state index in [1.54, 1.807) is 6.20 Å². The minimum atomic E-state index is -0.203. The normalized spacial score (nSPS) is 10.7. The van der Waals surface area contributed by atoms with Crippen LogP contribution in [-0.4, -0.2) is 29.2 Å². The molecule has 1 aromatic carbocycles. The van der Waals surface area contributed by atoms with Gasteiger partial charge >= 0.3 is 0 Å². The summed E-state index contributed by atoms with van der Waals surface area (Å²) in [6, 6.07) is 6.65. The molecule has 0 fully saturated rings. The Morgan fingerprint density at radius 3 is 2.55 bits per heavy atom. The van der Waals surface area contributed by atoms with Crippen LogP contribution in [0.3, 0.4) is 0 Å². The van der Waals surface area contributed by atoms with Gasteiger partial charge in [0.05, 0.1) is 6.33 Å². The van der Waals surface area contributed by atoms with Crippen molar-refractivity contribution in [1.29, 1.82) is 0 Å². The maximum Gasteiger partial charge on any atom is 0.123 e. The standard InChI is InChI=1S/C15H21FN4/c16-14-3-5-15(6-4-14)20(10-1-7-17)11-2-9-19-12-8-18-13-19/h3-6,8,12-13H,1-2,7,9-11,17H2. The van der Waals surface area contributed by atoms with E-state index in [0.717, 1.165) is 38.2 Å². The third kappa shape index (κ3) is 4.35. The Morgan fingerprint density at radius 2 is 1.90 bits per heavy atom. The van der Waals surface area contributed by atoms with Gasteiger partial charge in [-0.3, -0.25) is 0 Å². The Bertz CT molecular complexity index is 481. The summed E-state index contributed by atoms with van der Waals surface area (Å²) in [5, 5.41) is 0. The summed E-state index contributed by atoms with van der Waals surface area (Å²) in [6.45, 7) is 3.41. The molecule has 0 unspecified atom stereocenters. The molecule has 4 nitrogen and oxygen atoms in total. The monoisotopic (exact) mass is 276 g/mol. The Kier molecular flexibility index (Phi) is 5.55. The highest BCUT2D eigenvalue weighted by molar-refractivity contribution is 5.46. The minimum Gasteiger partial charge on any atom is -0.371 e. The molecule has 2 rings (SSSR count). The van der Waals surface area contributed by atoms with E-state index in [9.17, 15) is 4.39 Å². The molecule has 2 N–H and O–H groups in total. The Morgan fingerprint density at radius 1 is 1.15 bits per heavy atom.